The third kappa shape index (κ3) is 3.91. The van der Waals surface area contributed by atoms with Crippen molar-refractivity contribution in [2.45, 2.75) is 76.0 Å². The number of benzene rings is 1. The Hall–Kier alpha value is -3.20. The van der Waals surface area contributed by atoms with E-state index in [0.717, 1.165) is 55.8 Å². The highest BCUT2D eigenvalue weighted by Gasteiger charge is 2.58. The molecule has 4 aliphatic rings. The zero-order valence-corrected chi connectivity index (χ0v) is 20.4. The summed E-state index contributed by atoms with van der Waals surface area (Å²) < 4.78 is 0. The van der Waals surface area contributed by atoms with Crippen LogP contribution in [0.3, 0.4) is 0 Å². The summed E-state index contributed by atoms with van der Waals surface area (Å²) in [6, 6.07) is 9.52. The van der Waals surface area contributed by atoms with E-state index in [2.05, 4.69) is 68.8 Å². The Morgan fingerprint density at radius 2 is 1.74 bits per heavy atom. The summed E-state index contributed by atoms with van der Waals surface area (Å²) in [5.41, 5.74) is 2.20. The van der Waals surface area contributed by atoms with Crippen LogP contribution in [0.1, 0.15) is 51.5 Å². The van der Waals surface area contributed by atoms with Gasteiger partial charge in [-0.1, -0.05) is 12.8 Å². The summed E-state index contributed by atoms with van der Waals surface area (Å²) in [6.45, 7) is 6.40. The molecular formula is C26H33N7O2. The number of fused-ring (bicyclic) bond motifs is 1. The second kappa shape index (κ2) is 8.48. The van der Waals surface area contributed by atoms with Gasteiger partial charge in [0.15, 0.2) is 0 Å². The molecule has 3 aliphatic heterocycles. The smallest absolute Gasteiger partial charge is 0.253 e. The molecule has 1 aromatic heterocycles. The molecule has 4 heterocycles. The first-order chi connectivity index (χ1) is 16.9. The van der Waals surface area contributed by atoms with Crippen LogP contribution >= 0.6 is 0 Å². The lowest BCUT2D eigenvalue weighted by molar-refractivity contribution is -0.126. The van der Waals surface area contributed by atoms with Gasteiger partial charge < -0.3 is 20.4 Å². The van der Waals surface area contributed by atoms with Gasteiger partial charge in [0, 0.05) is 60.8 Å². The van der Waals surface area contributed by atoms with E-state index in [1.54, 1.807) is 0 Å². The van der Waals surface area contributed by atoms with Crippen molar-refractivity contribution in [2.75, 3.05) is 28.2 Å². The lowest BCUT2D eigenvalue weighted by atomic mass is 9.91. The molecule has 35 heavy (non-hydrogen) atoms. The van der Waals surface area contributed by atoms with Crippen LogP contribution in [0.5, 0.6) is 0 Å². The standard InChI is InChI=1S/C26H33N7O2/c1-16-14-32(15-17(2)28-16)20-9-7-19(8-10-20)29-25-27-13-18-11-26(12-22(34)30-24(26)35)33(23(18)31-25)21-5-3-4-6-21/h7-10,13,16-17,21,28H,3-6,11-12,14-15H2,1-2H3,(H,27,29,31)(H,30,34,35). The maximum absolute atomic E-state index is 13.0. The molecule has 3 fully saturated rings. The number of piperazine rings is 1. The van der Waals surface area contributed by atoms with Gasteiger partial charge in [0.2, 0.25) is 11.9 Å². The predicted molar refractivity (Wildman–Crippen MR) is 135 cm³/mol. The number of anilines is 4. The fourth-order valence-corrected chi connectivity index (χ4v) is 6.47. The first-order valence-corrected chi connectivity index (χ1v) is 12.8. The van der Waals surface area contributed by atoms with Crippen LogP contribution in [0.25, 0.3) is 0 Å². The van der Waals surface area contributed by atoms with Crippen molar-refractivity contribution in [1.82, 2.24) is 20.6 Å². The molecule has 184 valence electrons. The van der Waals surface area contributed by atoms with Crippen LogP contribution in [0.2, 0.25) is 0 Å². The first kappa shape index (κ1) is 22.3. The van der Waals surface area contributed by atoms with E-state index >= 15 is 0 Å². The topological polar surface area (TPSA) is 102 Å². The van der Waals surface area contributed by atoms with Crippen molar-refractivity contribution < 1.29 is 9.59 Å². The van der Waals surface area contributed by atoms with E-state index in [9.17, 15) is 9.59 Å². The summed E-state index contributed by atoms with van der Waals surface area (Å²) in [5.74, 6) is 0.893. The number of hydrogen-bond acceptors (Lipinski definition) is 8. The summed E-state index contributed by atoms with van der Waals surface area (Å²) in [5, 5.41) is 9.45. The minimum atomic E-state index is -0.860. The van der Waals surface area contributed by atoms with Gasteiger partial charge in [0.25, 0.3) is 5.91 Å². The first-order valence-electron chi connectivity index (χ1n) is 12.8. The van der Waals surface area contributed by atoms with Gasteiger partial charge in [-0.25, -0.2) is 4.98 Å². The molecule has 9 heteroatoms. The van der Waals surface area contributed by atoms with Crippen LogP contribution < -0.4 is 25.8 Å². The predicted octanol–water partition coefficient (Wildman–Crippen LogP) is 2.50. The van der Waals surface area contributed by atoms with Crippen molar-refractivity contribution in [1.29, 1.82) is 0 Å². The second-order valence-corrected chi connectivity index (χ2v) is 10.7. The molecule has 6 rings (SSSR count). The highest BCUT2D eigenvalue weighted by Crippen LogP contribution is 2.46. The Balaban J connectivity index is 1.25. The maximum Gasteiger partial charge on any atom is 0.253 e. The molecule has 0 bridgehead atoms. The molecule has 2 aromatic rings. The second-order valence-electron chi connectivity index (χ2n) is 10.7. The van der Waals surface area contributed by atoms with E-state index < -0.39 is 5.54 Å². The molecule has 1 aliphatic carbocycles. The van der Waals surface area contributed by atoms with Crippen molar-refractivity contribution in [2.24, 2.45) is 0 Å². The number of aromatic nitrogens is 2. The molecule has 3 N–H and O–H groups in total. The van der Waals surface area contributed by atoms with Gasteiger partial charge in [0.1, 0.15) is 11.4 Å². The zero-order chi connectivity index (χ0) is 24.2. The van der Waals surface area contributed by atoms with Crippen LogP contribution in [0.15, 0.2) is 30.5 Å². The van der Waals surface area contributed by atoms with Crippen LogP contribution in [0.4, 0.5) is 23.1 Å². The van der Waals surface area contributed by atoms with Crippen LogP contribution in [-0.4, -0.2) is 58.5 Å². The van der Waals surface area contributed by atoms with Gasteiger partial charge in [-0.3, -0.25) is 14.9 Å². The molecule has 3 atom stereocenters. The molecule has 2 saturated heterocycles. The van der Waals surface area contributed by atoms with E-state index in [1.165, 1.54) is 5.69 Å². The highest BCUT2D eigenvalue weighted by molar-refractivity contribution is 6.11. The van der Waals surface area contributed by atoms with E-state index in [1.807, 2.05) is 6.20 Å². The van der Waals surface area contributed by atoms with Crippen LogP contribution in [-0.2, 0) is 16.0 Å². The average Bonchev–Trinajstić information content (AvgIpc) is 3.51. The fourth-order valence-electron chi connectivity index (χ4n) is 6.47. The normalized spacial score (nSPS) is 28.6. The van der Waals surface area contributed by atoms with Gasteiger partial charge in [-0.05, 0) is 51.0 Å². The highest BCUT2D eigenvalue weighted by atomic mass is 16.2. The number of imide groups is 1. The monoisotopic (exact) mass is 475 g/mol. The Bertz CT molecular complexity index is 1140. The molecule has 1 spiro atoms. The van der Waals surface area contributed by atoms with Crippen LogP contribution in [0, 0.1) is 0 Å². The number of nitrogens with one attached hydrogen (secondary N) is 3. The maximum atomic E-state index is 13.0. The van der Waals surface area contributed by atoms with Crippen molar-refractivity contribution in [3.05, 3.63) is 36.0 Å². The summed E-state index contributed by atoms with van der Waals surface area (Å²) in [4.78, 5) is 39.2. The summed E-state index contributed by atoms with van der Waals surface area (Å²) >= 11 is 0. The Labute approximate surface area is 205 Å². The molecule has 1 aromatic carbocycles. The number of amides is 2. The number of hydrogen-bond donors (Lipinski definition) is 3. The van der Waals surface area contributed by atoms with E-state index in [-0.39, 0.29) is 24.3 Å². The summed E-state index contributed by atoms with van der Waals surface area (Å²) in [7, 11) is 0. The molecule has 0 radical (unpaired) electrons. The summed E-state index contributed by atoms with van der Waals surface area (Å²) in [6.07, 6.45) is 6.78. The Morgan fingerprint density at radius 1 is 1.03 bits per heavy atom. The SMILES string of the molecule is CC1CN(c2ccc(Nc3ncc4c(n3)N(C3CCCC3)C3(CC(=O)NC3=O)C4)cc2)CC(C)N1. The van der Waals surface area contributed by atoms with Crippen molar-refractivity contribution >= 4 is 35.0 Å². The molecule has 1 saturated carbocycles. The third-order valence-electron chi connectivity index (χ3n) is 7.88. The lowest BCUT2D eigenvalue weighted by Gasteiger charge is -2.38. The van der Waals surface area contributed by atoms with Gasteiger partial charge in [-0.15, -0.1) is 0 Å². The van der Waals surface area contributed by atoms with E-state index in [4.69, 9.17) is 4.98 Å². The zero-order valence-electron chi connectivity index (χ0n) is 20.4. The molecule has 2 amide bonds. The largest absolute Gasteiger partial charge is 0.368 e. The van der Waals surface area contributed by atoms with E-state index in [0.29, 0.717) is 24.5 Å². The average molecular weight is 476 g/mol. The van der Waals surface area contributed by atoms with Crippen molar-refractivity contribution in [3.8, 4) is 0 Å². The molecule has 9 nitrogen and oxygen atoms in total. The molecule has 3 unspecified atom stereocenters. The van der Waals surface area contributed by atoms with Crippen molar-refractivity contribution in [3.63, 3.8) is 0 Å². The quantitative estimate of drug-likeness (QED) is 0.580. The lowest BCUT2D eigenvalue weighted by Crippen LogP contribution is -2.56. The fraction of sp³-hybridized carbons (Fsp3) is 0.538. The van der Waals surface area contributed by atoms with Gasteiger partial charge in [0.05, 0.1) is 6.42 Å². The third-order valence-corrected chi connectivity index (χ3v) is 7.88. The molecular weight excluding hydrogens is 442 g/mol. The Kier molecular flexibility index (Phi) is 5.40. The minimum Gasteiger partial charge on any atom is -0.368 e. The number of carbonyl (C=O) groups is 2. The van der Waals surface area contributed by atoms with Gasteiger partial charge >= 0.3 is 0 Å². The number of carbonyl (C=O) groups excluding carboxylic acids is 2. The van der Waals surface area contributed by atoms with Gasteiger partial charge in [-0.2, -0.15) is 4.98 Å². The number of nitrogens with zero attached hydrogens (tertiary/aromatic N) is 4. The number of rotatable bonds is 4. The Morgan fingerprint density at radius 3 is 2.40 bits per heavy atom. The minimum absolute atomic E-state index is 0.187.